The Hall–Kier alpha value is -2.09. The molecular weight excluding hydrogens is 244 g/mol. The second-order valence-corrected chi connectivity index (χ2v) is 4.16. The molecule has 1 aromatic rings. The molecule has 5 heteroatoms. The fourth-order valence-corrected chi connectivity index (χ4v) is 1.57. The molecule has 102 valence electrons. The number of carbonyl (C=O) groups is 1. The van der Waals surface area contributed by atoms with Gasteiger partial charge in [0.1, 0.15) is 11.4 Å². The van der Waals surface area contributed by atoms with Gasteiger partial charge in [0.2, 0.25) is 0 Å². The van der Waals surface area contributed by atoms with Gasteiger partial charge in [-0.1, -0.05) is 6.92 Å². The number of nitriles is 1. The molecular formula is C14H18N2O3. The van der Waals surface area contributed by atoms with Crippen LogP contribution >= 0.6 is 0 Å². The van der Waals surface area contributed by atoms with E-state index in [0.29, 0.717) is 18.1 Å². The Morgan fingerprint density at radius 3 is 2.84 bits per heavy atom. The standard InChI is InChI=1S/C14H18N2O3/c1-4-9-19-11-7-6-8-16-12(11)14(3,10-15)13(17)18-5-2/h6-8H,4-5,9H2,1-3H3. The summed E-state index contributed by atoms with van der Waals surface area (Å²) in [4.78, 5) is 16.1. The van der Waals surface area contributed by atoms with E-state index < -0.39 is 11.4 Å². The molecule has 0 amide bonds. The normalized spacial score (nSPS) is 13.2. The summed E-state index contributed by atoms with van der Waals surface area (Å²) in [6.07, 6.45) is 2.36. The number of esters is 1. The minimum Gasteiger partial charge on any atom is -0.492 e. The minimum atomic E-state index is -1.46. The predicted molar refractivity (Wildman–Crippen MR) is 69.6 cm³/mol. The Morgan fingerprint density at radius 2 is 2.26 bits per heavy atom. The van der Waals surface area contributed by atoms with E-state index in [-0.39, 0.29) is 6.61 Å². The van der Waals surface area contributed by atoms with Crippen LogP contribution in [-0.2, 0) is 14.9 Å². The monoisotopic (exact) mass is 262 g/mol. The maximum atomic E-state index is 12.0. The van der Waals surface area contributed by atoms with Gasteiger partial charge in [-0.2, -0.15) is 5.26 Å². The molecule has 1 atom stereocenters. The highest BCUT2D eigenvalue weighted by molar-refractivity contribution is 5.86. The Bertz CT molecular complexity index is 482. The second kappa shape index (κ2) is 6.74. The third-order valence-electron chi connectivity index (χ3n) is 2.61. The van der Waals surface area contributed by atoms with Crippen molar-refractivity contribution in [2.24, 2.45) is 0 Å². The van der Waals surface area contributed by atoms with E-state index in [1.807, 2.05) is 13.0 Å². The first-order valence-electron chi connectivity index (χ1n) is 6.26. The van der Waals surface area contributed by atoms with Gasteiger partial charge in [0.15, 0.2) is 5.41 Å². The maximum Gasteiger partial charge on any atom is 0.332 e. The zero-order chi connectivity index (χ0) is 14.3. The van der Waals surface area contributed by atoms with Crippen molar-refractivity contribution in [3.8, 4) is 11.8 Å². The zero-order valence-corrected chi connectivity index (χ0v) is 11.5. The number of rotatable bonds is 6. The van der Waals surface area contributed by atoms with E-state index in [0.717, 1.165) is 6.42 Å². The van der Waals surface area contributed by atoms with Gasteiger partial charge in [0.25, 0.3) is 0 Å². The van der Waals surface area contributed by atoms with Gasteiger partial charge in [-0.25, -0.2) is 4.79 Å². The first-order chi connectivity index (χ1) is 9.10. The van der Waals surface area contributed by atoms with Crippen molar-refractivity contribution in [2.75, 3.05) is 13.2 Å². The molecule has 1 rings (SSSR count). The van der Waals surface area contributed by atoms with Crippen LogP contribution in [0.3, 0.4) is 0 Å². The molecule has 0 aromatic carbocycles. The second-order valence-electron chi connectivity index (χ2n) is 4.16. The first-order valence-corrected chi connectivity index (χ1v) is 6.26. The van der Waals surface area contributed by atoms with Crippen molar-refractivity contribution in [3.05, 3.63) is 24.0 Å². The summed E-state index contributed by atoms with van der Waals surface area (Å²) in [5.41, 5.74) is -1.16. The molecule has 0 aliphatic heterocycles. The predicted octanol–water partition coefficient (Wildman–Crippen LogP) is 2.21. The van der Waals surface area contributed by atoms with E-state index in [1.54, 1.807) is 19.1 Å². The van der Waals surface area contributed by atoms with Crippen molar-refractivity contribution in [2.45, 2.75) is 32.6 Å². The number of aromatic nitrogens is 1. The highest BCUT2D eigenvalue weighted by Crippen LogP contribution is 2.30. The maximum absolute atomic E-state index is 12.0. The Morgan fingerprint density at radius 1 is 1.53 bits per heavy atom. The van der Waals surface area contributed by atoms with Crippen LogP contribution < -0.4 is 4.74 Å². The molecule has 5 nitrogen and oxygen atoms in total. The van der Waals surface area contributed by atoms with Crippen molar-refractivity contribution in [3.63, 3.8) is 0 Å². The zero-order valence-electron chi connectivity index (χ0n) is 11.5. The smallest absolute Gasteiger partial charge is 0.332 e. The van der Waals surface area contributed by atoms with Crippen molar-refractivity contribution < 1.29 is 14.3 Å². The van der Waals surface area contributed by atoms with Crippen LogP contribution in [0.25, 0.3) is 0 Å². The molecule has 0 aliphatic rings. The van der Waals surface area contributed by atoms with Gasteiger partial charge >= 0.3 is 5.97 Å². The molecule has 0 N–H and O–H groups in total. The minimum absolute atomic E-state index is 0.216. The lowest BCUT2D eigenvalue weighted by molar-refractivity contribution is -0.147. The quantitative estimate of drug-likeness (QED) is 0.735. The van der Waals surface area contributed by atoms with Crippen molar-refractivity contribution in [1.82, 2.24) is 4.98 Å². The summed E-state index contributed by atoms with van der Waals surface area (Å²) in [6.45, 7) is 5.89. The summed E-state index contributed by atoms with van der Waals surface area (Å²) in [5.74, 6) is -0.168. The molecule has 0 saturated heterocycles. The largest absolute Gasteiger partial charge is 0.492 e. The molecule has 1 aromatic heterocycles. The van der Waals surface area contributed by atoms with Crippen LogP contribution in [0.5, 0.6) is 5.75 Å². The van der Waals surface area contributed by atoms with E-state index in [9.17, 15) is 10.1 Å². The highest BCUT2D eigenvalue weighted by atomic mass is 16.5. The van der Waals surface area contributed by atoms with Crippen LogP contribution in [-0.4, -0.2) is 24.2 Å². The van der Waals surface area contributed by atoms with Gasteiger partial charge < -0.3 is 9.47 Å². The number of carbonyl (C=O) groups excluding carboxylic acids is 1. The summed E-state index contributed by atoms with van der Waals surface area (Å²) < 4.78 is 10.5. The van der Waals surface area contributed by atoms with Gasteiger partial charge in [0.05, 0.1) is 19.3 Å². The molecule has 0 bridgehead atoms. The van der Waals surface area contributed by atoms with E-state index in [1.165, 1.54) is 13.1 Å². The molecule has 1 unspecified atom stereocenters. The molecule has 1 heterocycles. The van der Waals surface area contributed by atoms with Crippen LogP contribution in [0.15, 0.2) is 18.3 Å². The van der Waals surface area contributed by atoms with Crippen LogP contribution in [0.2, 0.25) is 0 Å². The van der Waals surface area contributed by atoms with Crippen LogP contribution in [0, 0.1) is 11.3 Å². The molecule has 19 heavy (non-hydrogen) atoms. The fraction of sp³-hybridized carbons (Fsp3) is 0.500. The highest BCUT2D eigenvalue weighted by Gasteiger charge is 2.41. The number of ether oxygens (including phenoxy) is 2. The van der Waals surface area contributed by atoms with E-state index in [4.69, 9.17) is 9.47 Å². The number of hydrogen-bond acceptors (Lipinski definition) is 5. The van der Waals surface area contributed by atoms with Gasteiger partial charge in [-0.15, -0.1) is 0 Å². The van der Waals surface area contributed by atoms with Crippen LogP contribution in [0.4, 0.5) is 0 Å². The molecule has 0 saturated carbocycles. The lowest BCUT2D eigenvalue weighted by Gasteiger charge is -2.21. The summed E-state index contributed by atoms with van der Waals surface area (Å²) in [5, 5.41) is 9.34. The van der Waals surface area contributed by atoms with Gasteiger partial charge in [-0.05, 0) is 32.4 Å². The Labute approximate surface area is 113 Å². The summed E-state index contributed by atoms with van der Waals surface area (Å²) in [7, 11) is 0. The Kier molecular flexibility index (Phi) is 5.31. The van der Waals surface area contributed by atoms with Crippen molar-refractivity contribution >= 4 is 5.97 Å². The van der Waals surface area contributed by atoms with Gasteiger partial charge in [-0.3, -0.25) is 4.98 Å². The third-order valence-corrected chi connectivity index (χ3v) is 2.61. The molecule has 0 radical (unpaired) electrons. The topological polar surface area (TPSA) is 72.2 Å². The average molecular weight is 262 g/mol. The van der Waals surface area contributed by atoms with Crippen LogP contribution in [0.1, 0.15) is 32.9 Å². The van der Waals surface area contributed by atoms with E-state index >= 15 is 0 Å². The lowest BCUT2D eigenvalue weighted by Crippen LogP contribution is -2.34. The lowest BCUT2D eigenvalue weighted by atomic mass is 9.87. The molecule has 0 aliphatic carbocycles. The average Bonchev–Trinajstić information content (AvgIpc) is 2.44. The van der Waals surface area contributed by atoms with E-state index in [2.05, 4.69) is 4.98 Å². The van der Waals surface area contributed by atoms with Crippen molar-refractivity contribution in [1.29, 1.82) is 5.26 Å². The fourth-order valence-electron chi connectivity index (χ4n) is 1.57. The first kappa shape index (κ1) is 15.0. The third kappa shape index (κ3) is 3.22. The SMILES string of the molecule is CCCOc1cccnc1C(C)(C#N)C(=O)OCC. The number of pyridine rings is 1. The summed E-state index contributed by atoms with van der Waals surface area (Å²) in [6, 6.07) is 5.39. The number of nitrogens with zero attached hydrogens (tertiary/aromatic N) is 2. The number of hydrogen-bond donors (Lipinski definition) is 0. The van der Waals surface area contributed by atoms with Gasteiger partial charge in [0, 0.05) is 6.20 Å². The summed E-state index contributed by atoms with van der Waals surface area (Å²) >= 11 is 0. The Balaban J connectivity index is 3.18. The molecule has 0 spiro atoms. The molecule has 0 fully saturated rings.